The summed E-state index contributed by atoms with van der Waals surface area (Å²) in [5.41, 5.74) is 0. The molecule has 3 aliphatic rings. The minimum atomic E-state index is -0.150. The van der Waals surface area contributed by atoms with Crippen molar-refractivity contribution >= 4 is 5.91 Å². The van der Waals surface area contributed by atoms with Gasteiger partial charge >= 0.3 is 0 Å². The van der Waals surface area contributed by atoms with Gasteiger partial charge in [-0.3, -0.25) is 4.79 Å². The molecule has 0 spiro atoms. The molecule has 2 aliphatic carbocycles. The van der Waals surface area contributed by atoms with Gasteiger partial charge in [-0.15, -0.1) is 0 Å². The highest BCUT2D eigenvalue weighted by Crippen LogP contribution is 2.44. The van der Waals surface area contributed by atoms with Crippen LogP contribution in [-0.2, 0) is 9.53 Å². The molecule has 0 aromatic heterocycles. The van der Waals surface area contributed by atoms with Crippen LogP contribution in [0, 0.1) is 17.8 Å². The van der Waals surface area contributed by atoms with E-state index in [-0.39, 0.29) is 11.9 Å². The van der Waals surface area contributed by atoms with E-state index in [1.807, 2.05) is 11.9 Å². The Bertz CT molecular complexity index is 322. The number of likely N-dealkylation sites (N-methyl/N-ethyl adjacent to an activating group) is 1. The summed E-state index contributed by atoms with van der Waals surface area (Å²) in [6.45, 7) is 2.92. The van der Waals surface area contributed by atoms with Crippen LogP contribution in [0.15, 0.2) is 0 Å². The fraction of sp³-hybridized carbons (Fsp3) is 0.933. The standard InChI is InChI=1S/C15H26N2O2/c1-16-14-10-19-5-4-17(15(14)18)9-13-7-11-2-3-12(6-11)8-13/h11-14,16H,2-10H2,1H3. The van der Waals surface area contributed by atoms with Crippen molar-refractivity contribution in [2.24, 2.45) is 17.8 Å². The fourth-order valence-corrected chi connectivity index (χ4v) is 4.27. The largest absolute Gasteiger partial charge is 0.377 e. The molecule has 1 amide bonds. The predicted molar refractivity (Wildman–Crippen MR) is 73.8 cm³/mol. The molecule has 1 saturated heterocycles. The van der Waals surface area contributed by atoms with Crippen LogP contribution in [0.1, 0.15) is 32.1 Å². The number of rotatable bonds is 3. The zero-order valence-corrected chi connectivity index (χ0v) is 11.9. The molecule has 2 bridgehead atoms. The quantitative estimate of drug-likeness (QED) is 0.836. The molecule has 1 heterocycles. The van der Waals surface area contributed by atoms with E-state index in [4.69, 9.17) is 4.74 Å². The summed E-state index contributed by atoms with van der Waals surface area (Å²) in [6, 6.07) is -0.150. The molecule has 1 N–H and O–H groups in total. The van der Waals surface area contributed by atoms with Crippen LogP contribution < -0.4 is 5.32 Å². The Morgan fingerprint density at radius 2 is 2.00 bits per heavy atom. The highest BCUT2D eigenvalue weighted by Gasteiger charge is 2.36. The number of carbonyl (C=O) groups excluding carboxylic acids is 1. The predicted octanol–water partition coefficient (Wildman–Crippen LogP) is 1.26. The van der Waals surface area contributed by atoms with E-state index in [2.05, 4.69) is 5.32 Å². The summed E-state index contributed by atoms with van der Waals surface area (Å²) in [6.07, 6.45) is 6.98. The number of amides is 1. The number of hydrogen-bond donors (Lipinski definition) is 1. The van der Waals surface area contributed by atoms with Gasteiger partial charge in [0.15, 0.2) is 0 Å². The van der Waals surface area contributed by atoms with Gasteiger partial charge in [0.1, 0.15) is 6.04 Å². The first-order valence-electron chi connectivity index (χ1n) is 7.80. The molecular weight excluding hydrogens is 240 g/mol. The Morgan fingerprint density at radius 1 is 1.26 bits per heavy atom. The Kier molecular flexibility index (Phi) is 4.08. The maximum Gasteiger partial charge on any atom is 0.242 e. The molecule has 108 valence electrons. The molecule has 3 unspecified atom stereocenters. The van der Waals surface area contributed by atoms with Crippen molar-refractivity contribution in [1.82, 2.24) is 10.2 Å². The summed E-state index contributed by atoms with van der Waals surface area (Å²) in [7, 11) is 1.84. The summed E-state index contributed by atoms with van der Waals surface area (Å²) < 4.78 is 5.52. The van der Waals surface area contributed by atoms with E-state index in [0.717, 1.165) is 30.8 Å². The third-order valence-electron chi connectivity index (χ3n) is 5.21. The monoisotopic (exact) mass is 266 g/mol. The van der Waals surface area contributed by atoms with Gasteiger partial charge in [0.2, 0.25) is 5.91 Å². The fourth-order valence-electron chi connectivity index (χ4n) is 4.27. The van der Waals surface area contributed by atoms with Crippen molar-refractivity contribution in [3.8, 4) is 0 Å². The van der Waals surface area contributed by atoms with E-state index in [1.54, 1.807) is 0 Å². The van der Waals surface area contributed by atoms with Gasteiger partial charge in [-0.1, -0.05) is 12.8 Å². The smallest absolute Gasteiger partial charge is 0.242 e. The summed E-state index contributed by atoms with van der Waals surface area (Å²) in [5, 5.41) is 3.07. The minimum Gasteiger partial charge on any atom is -0.377 e. The molecule has 3 rings (SSSR count). The second kappa shape index (κ2) is 5.80. The van der Waals surface area contributed by atoms with Crippen LogP contribution in [0.4, 0.5) is 0 Å². The lowest BCUT2D eigenvalue weighted by Gasteiger charge is -2.33. The number of hydrogen-bond acceptors (Lipinski definition) is 3. The van der Waals surface area contributed by atoms with Gasteiger partial charge in [-0.05, 0) is 44.1 Å². The number of fused-ring (bicyclic) bond motifs is 2. The van der Waals surface area contributed by atoms with Gasteiger partial charge in [0.25, 0.3) is 0 Å². The molecule has 4 heteroatoms. The first-order valence-corrected chi connectivity index (χ1v) is 7.80. The summed E-state index contributed by atoms with van der Waals surface area (Å²) in [4.78, 5) is 14.5. The van der Waals surface area contributed by atoms with Crippen molar-refractivity contribution in [3.63, 3.8) is 0 Å². The van der Waals surface area contributed by atoms with Crippen molar-refractivity contribution in [2.75, 3.05) is 33.4 Å². The topological polar surface area (TPSA) is 41.6 Å². The van der Waals surface area contributed by atoms with Crippen LogP contribution in [-0.4, -0.2) is 50.2 Å². The minimum absolute atomic E-state index is 0.150. The van der Waals surface area contributed by atoms with E-state index in [9.17, 15) is 4.79 Å². The average molecular weight is 266 g/mol. The first-order chi connectivity index (χ1) is 9.26. The van der Waals surface area contributed by atoms with E-state index in [1.165, 1.54) is 32.1 Å². The second-order valence-corrected chi connectivity index (χ2v) is 6.58. The Labute approximate surface area is 115 Å². The van der Waals surface area contributed by atoms with Crippen LogP contribution >= 0.6 is 0 Å². The van der Waals surface area contributed by atoms with Crippen molar-refractivity contribution in [3.05, 3.63) is 0 Å². The normalized spacial score (nSPS) is 39.4. The van der Waals surface area contributed by atoms with Gasteiger partial charge in [0.05, 0.1) is 13.2 Å². The first kappa shape index (κ1) is 13.4. The molecule has 0 radical (unpaired) electrons. The molecule has 3 fully saturated rings. The lowest BCUT2D eigenvalue weighted by molar-refractivity contribution is -0.133. The molecule has 0 aromatic rings. The maximum absolute atomic E-state index is 12.4. The number of nitrogens with zero attached hydrogens (tertiary/aromatic N) is 1. The Balaban J connectivity index is 1.60. The van der Waals surface area contributed by atoms with E-state index in [0.29, 0.717) is 13.2 Å². The summed E-state index contributed by atoms with van der Waals surface area (Å²) in [5.74, 6) is 2.85. The lowest BCUT2D eigenvalue weighted by Crippen LogP contribution is -2.47. The number of carbonyl (C=O) groups is 1. The average Bonchev–Trinajstić information content (AvgIpc) is 2.65. The molecular formula is C15H26N2O2. The Hall–Kier alpha value is -0.610. The SMILES string of the molecule is CNC1COCCN(CC2CC3CCC(C3)C2)C1=O. The van der Waals surface area contributed by atoms with E-state index < -0.39 is 0 Å². The molecule has 0 aromatic carbocycles. The molecule has 2 saturated carbocycles. The van der Waals surface area contributed by atoms with Gasteiger partial charge in [0, 0.05) is 13.1 Å². The molecule has 4 nitrogen and oxygen atoms in total. The van der Waals surface area contributed by atoms with Crippen LogP contribution in [0.5, 0.6) is 0 Å². The maximum atomic E-state index is 12.4. The van der Waals surface area contributed by atoms with Crippen LogP contribution in [0.25, 0.3) is 0 Å². The van der Waals surface area contributed by atoms with Gasteiger partial charge < -0.3 is 15.0 Å². The zero-order chi connectivity index (χ0) is 13.2. The third-order valence-corrected chi connectivity index (χ3v) is 5.21. The number of ether oxygens (including phenoxy) is 1. The van der Waals surface area contributed by atoms with Crippen molar-refractivity contribution < 1.29 is 9.53 Å². The molecule has 1 aliphatic heterocycles. The summed E-state index contributed by atoms with van der Waals surface area (Å²) >= 11 is 0. The van der Waals surface area contributed by atoms with Gasteiger partial charge in [-0.25, -0.2) is 0 Å². The highest BCUT2D eigenvalue weighted by molar-refractivity contribution is 5.82. The van der Waals surface area contributed by atoms with Crippen molar-refractivity contribution in [1.29, 1.82) is 0 Å². The lowest BCUT2D eigenvalue weighted by atomic mass is 9.81. The third kappa shape index (κ3) is 2.95. The Morgan fingerprint density at radius 3 is 2.68 bits per heavy atom. The van der Waals surface area contributed by atoms with E-state index >= 15 is 0 Å². The molecule has 19 heavy (non-hydrogen) atoms. The van der Waals surface area contributed by atoms with Crippen molar-refractivity contribution in [2.45, 2.75) is 38.1 Å². The zero-order valence-electron chi connectivity index (χ0n) is 11.9. The van der Waals surface area contributed by atoms with Crippen LogP contribution in [0.3, 0.4) is 0 Å². The van der Waals surface area contributed by atoms with Crippen LogP contribution in [0.2, 0.25) is 0 Å². The molecule has 3 atom stereocenters. The van der Waals surface area contributed by atoms with Gasteiger partial charge in [-0.2, -0.15) is 0 Å². The number of nitrogens with one attached hydrogen (secondary N) is 1. The highest BCUT2D eigenvalue weighted by atomic mass is 16.5. The second-order valence-electron chi connectivity index (χ2n) is 6.58.